The number of ether oxygens (including phenoxy) is 3. The van der Waals surface area contributed by atoms with Gasteiger partial charge >= 0.3 is 0 Å². The van der Waals surface area contributed by atoms with Crippen LogP contribution < -0.4 is 10.6 Å². The van der Waals surface area contributed by atoms with Gasteiger partial charge in [-0.3, -0.25) is 25.7 Å². The molecule has 0 bridgehead atoms. The molecule has 1 aliphatic rings. The maximum atomic E-state index is 11.8. The summed E-state index contributed by atoms with van der Waals surface area (Å²) in [5.41, 5.74) is -0.565. The van der Waals surface area contributed by atoms with E-state index in [-0.39, 0.29) is 17.3 Å². The molecule has 0 aromatic heterocycles. The van der Waals surface area contributed by atoms with Gasteiger partial charge in [0.1, 0.15) is 5.71 Å². The standard InChI is InChI=1S/C21H35N5O6/c1-2-11-30-13-15-32-16-14-31-12-10-25-19(27)6-4-3-5-9-24-17-7-8-18(26(28)29)21(23)20(17)22/h7-8,22-24H,2-6,9-16H2,1H3,(H,25,27). The first-order chi connectivity index (χ1) is 15.5. The van der Waals surface area contributed by atoms with Gasteiger partial charge in [0.05, 0.1) is 43.7 Å². The number of carbonyl (C=O) groups excluding carboxylic acids is 1. The van der Waals surface area contributed by atoms with Gasteiger partial charge in [0.25, 0.3) is 5.70 Å². The van der Waals surface area contributed by atoms with Crippen LogP contribution >= 0.6 is 0 Å². The highest BCUT2D eigenvalue weighted by Gasteiger charge is 2.26. The summed E-state index contributed by atoms with van der Waals surface area (Å²) in [5, 5.41) is 32.1. The minimum absolute atomic E-state index is 0.0199. The number of nitro groups is 1. The predicted molar refractivity (Wildman–Crippen MR) is 121 cm³/mol. The normalized spacial score (nSPS) is 13.5. The van der Waals surface area contributed by atoms with Gasteiger partial charge in [0, 0.05) is 32.2 Å². The number of nitrogens with one attached hydrogen (secondary N) is 4. The molecule has 0 aliphatic heterocycles. The lowest BCUT2D eigenvalue weighted by atomic mass is 10.0. The van der Waals surface area contributed by atoms with Gasteiger partial charge in [-0.15, -0.1) is 0 Å². The summed E-state index contributed by atoms with van der Waals surface area (Å²) in [6, 6.07) is 0. The fourth-order valence-electron chi connectivity index (χ4n) is 2.74. The Bertz CT molecular complexity index is 692. The summed E-state index contributed by atoms with van der Waals surface area (Å²) in [6.07, 6.45) is 6.44. The number of hydrogen-bond acceptors (Lipinski definition) is 9. The van der Waals surface area contributed by atoms with Crippen LogP contribution in [-0.4, -0.2) is 75.0 Å². The monoisotopic (exact) mass is 453 g/mol. The topological polar surface area (TPSA) is 160 Å². The van der Waals surface area contributed by atoms with E-state index in [0.717, 1.165) is 32.3 Å². The fraction of sp³-hybridized carbons (Fsp3) is 0.667. The molecular weight excluding hydrogens is 418 g/mol. The van der Waals surface area contributed by atoms with Crippen molar-refractivity contribution >= 4 is 17.3 Å². The molecule has 0 fully saturated rings. The van der Waals surface area contributed by atoms with Crippen molar-refractivity contribution in [2.75, 3.05) is 52.7 Å². The van der Waals surface area contributed by atoms with Gasteiger partial charge < -0.3 is 24.8 Å². The lowest BCUT2D eigenvalue weighted by Gasteiger charge is -2.14. The van der Waals surface area contributed by atoms with Gasteiger partial charge in [-0.1, -0.05) is 13.3 Å². The molecule has 0 atom stereocenters. The van der Waals surface area contributed by atoms with Gasteiger partial charge in [0.15, 0.2) is 5.71 Å². The van der Waals surface area contributed by atoms with E-state index in [1.165, 1.54) is 12.2 Å². The van der Waals surface area contributed by atoms with E-state index in [1.54, 1.807) is 0 Å². The van der Waals surface area contributed by atoms with Crippen LogP contribution in [0.5, 0.6) is 0 Å². The summed E-state index contributed by atoms with van der Waals surface area (Å²) < 4.78 is 16.1. The number of hydrogen-bond donors (Lipinski definition) is 4. The molecule has 0 aromatic rings. The van der Waals surface area contributed by atoms with Crippen molar-refractivity contribution in [3.63, 3.8) is 0 Å². The third kappa shape index (κ3) is 11.7. The van der Waals surface area contributed by atoms with E-state index in [0.29, 0.717) is 58.2 Å². The van der Waals surface area contributed by atoms with E-state index in [1.807, 2.05) is 0 Å². The number of carbonyl (C=O) groups is 1. The summed E-state index contributed by atoms with van der Waals surface area (Å²) in [7, 11) is 0. The van der Waals surface area contributed by atoms with Gasteiger partial charge in [-0.2, -0.15) is 0 Å². The van der Waals surface area contributed by atoms with Crippen LogP contribution in [-0.2, 0) is 19.0 Å². The Morgan fingerprint density at radius 1 is 0.938 bits per heavy atom. The highest BCUT2D eigenvalue weighted by atomic mass is 16.6. The van der Waals surface area contributed by atoms with E-state index < -0.39 is 10.6 Å². The van der Waals surface area contributed by atoms with Crippen LogP contribution in [0.2, 0.25) is 0 Å². The van der Waals surface area contributed by atoms with Crippen molar-refractivity contribution in [3.05, 3.63) is 33.7 Å². The molecule has 0 aromatic carbocycles. The third-order valence-corrected chi connectivity index (χ3v) is 4.44. The van der Waals surface area contributed by atoms with E-state index in [4.69, 9.17) is 25.0 Å². The van der Waals surface area contributed by atoms with Crippen molar-refractivity contribution in [1.29, 1.82) is 10.8 Å². The second-order valence-electron chi connectivity index (χ2n) is 7.06. The van der Waals surface area contributed by atoms with E-state index in [2.05, 4.69) is 17.6 Å². The molecule has 0 radical (unpaired) electrons. The van der Waals surface area contributed by atoms with Crippen molar-refractivity contribution in [1.82, 2.24) is 10.6 Å². The number of allylic oxidation sites excluding steroid dienone is 4. The van der Waals surface area contributed by atoms with Crippen molar-refractivity contribution < 1.29 is 23.9 Å². The third-order valence-electron chi connectivity index (χ3n) is 4.44. The molecule has 0 unspecified atom stereocenters. The van der Waals surface area contributed by atoms with E-state index >= 15 is 0 Å². The average molecular weight is 454 g/mol. The van der Waals surface area contributed by atoms with E-state index in [9.17, 15) is 14.9 Å². The maximum Gasteiger partial charge on any atom is 0.296 e. The van der Waals surface area contributed by atoms with Crippen LogP contribution in [0.3, 0.4) is 0 Å². The van der Waals surface area contributed by atoms with Crippen molar-refractivity contribution in [2.24, 2.45) is 0 Å². The number of amides is 1. The van der Waals surface area contributed by atoms with Crippen LogP contribution in [0, 0.1) is 20.9 Å². The molecule has 4 N–H and O–H groups in total. The quantitative estimate of drug-likeness (QED) is 0.100. The number of rotatable bonds is 19. The molecule has 11 heteroatoms. The second kappa shape index (κ2) is 17.0. The smallest absolute Gasteiger partial charge is 0.296 e. The molecule has 1 aliphatic carbocycles. The molecule has 0 saturated carbocycles. The lowest BCUT2D eigenvalue weighted by Crippen LogP contribution is -2.31. The zero-order valence-corrected chi connectivity index (χ0v) is 18.7. The number of nitrogens with zero attached hydrogens (tertiary/aromatic N) is 1. The molecule has 1 amide bonds. The predicted octanol–water partition coefficient (Wildman–Crippen LogP) is 1.81. The fourth-order valence-corrected chi connectivity index (χ4v) is 2.74. The summed E-state index contributed by atoms with van der Waals surface area (Å²) >= 11 is 0. The first-order valence-corrected chi connectivity index (χ1v) is 11.0. The largest absolute Gasteiger partial charge is 0.383 e. The van der Waals surface area contributed by atoms with Gasteiger partial charge in [0.2, 0.25) is 5.91 Å². The molecule has 0 spiro atoms. The van der Waals surface area contributed by atoms with Crippen LogP contribution in [0.4, 0.5) is 0 Å². The lowest BCUT2D eigenvalue weighted by molar-refractivity contribution is -0.414. The minimum atomic E-state index is -0.665. The Kier molecular flexibility index (Phi) is 14.5. The number of unbranched alkanes of at least 4 members (excludes halogenated alkanes) is 2. The molecule has 11 nitrogen and oxygen atoms in total. The molecule has 0 saturated heterocycles. The first-order valence-electron chi connectivity index (χ1n) is 11.0. The van der Waals surface area contributed by atoms with Gasteiger partial charge in [-0.25, -0.2) is 0 Å². The SMILES string of the molecule is CCCOCCOCCOCCNC(=O)CCCCCNC1=CC=C([N+](=O)[O-])C(=N)C1=N. The highest BCUT2D eigenvalue weighted by molar-refractivity contribution is 6.51. The highest BCUT2D eigenvalue weighted by Crippen LogP contribution is 2.11. The Morgan fingerprint density at radius 3 is 2.25 bits per heavy atom. The average Bonchev–Trinajstić information content (AvgIpc) is 2.77. The molecule has 180 valence electrons. The zero-order chi connectivity index (χ0) is 23.6. The second-order valence-corrected chi connectivity index (χ2v) is 7.06. The molecule has 0 heterocycles. The van der Waals surface area contributed by atoms with Gasteiger partial charge in [-0.05, 0) is 25.3 Å². The Hall–Kier alpha value is -2.63. The minimum Gasteiger partial charge on any atom is -0.383 e. The molecule has 1 rings (SSSR count). The summed E-state index contributed by atoms with van der Waals surface area (Å²) in [4.78, 5) is 21.9. The van der Waals surface area contributed by atoms with Crippen LogP contribution in [0.25, 0.3) is 0 Å². The van der Waals surface area contributed by atoms with Crippen LogP contribution in [0.15, 0.2) is 23.5 Å². The van der Waals surface area contributed by atoms with Crippen molar-refractivity contribution in [3.8, 4) is 0 Å². The Morgan fingerprint density at radius 2 is 1.59 bits per heavy atom. The van der Waals surface area contributed by atoms with Crippen LogP contribution in [0.1, 0.15) is 39.0 Å². The Labute approximate surface area is 188 Å². The summed E-state index contributed by atoms with van der Waals surface area (Å²) in [6.45, 7) is 6.39. The summed E-state index contributed by atoms with van der Waals surface area (Å²) in [5.74, 6) is -0.0199. The Balaban J connectivity index is 1.96. The maximum absolute atomic E-state index is 11.8. The van der Waals surface area contributed by atoms with Crippen molar-refractivity contribution in [2.45, 2.75) is 39.0 Å². The zero-order valence-electron chi connectivity index (χ0n) is 18.7. The molecule has 32 heavy (non-hydrogen) atoms. The molecular formula is C21H35N5O6. The first kappa shape index (κ1) is 27.4.